The Bertz CT molecular complexity index is 1230. The zero-order valence-corrected chi connectivity index (χ0v) is 25.5. The number of ketones is 3. The molecule has 41 heavy (non-hydrogen) atoms. The number of ether oxygens (including phenoxy) is 1. The van der Waals surface area contributed by atoms with Gasteiger partial charge in [-0.15, -0.1) is 0 Å². The molecule has 3 saturated carbocycles. The van der Waals surface area contributed by atoms with Gasteiger partial charge in [-0.05, 0) is 88.7 Å². The number of carbonyl (C=O) groups excluding carboxylic acids is 4. The van der Waals surface area contributed by atoms with Gasteiger partial charge in [-0.25, -0.2) is 0 Å². The average molecular weight is 575 g/mol. The number of hydrogen-bond acceptors (Lipinski definition) is 9. The molecule has 3 fully saturated rings. The molecule has 9 heteroatoms. The van der Waals surface area contributed by atoms with Crippen LogP contribution in [-0.4, -0.2) is 73.8 Å². The van der Waals surface area contributed by atoms with E-state index >= 15 is 0 Å². The highest BCUT2D eigenvalue weighted by atomic mass is 16.6. The number of aliphatic hydroxyl groups excluding tert-OH is 3. The minimum absolute atomic E-state index is 0.0365. The molecule has 0 heterocycles. The third-order valence-electron chi connectivity index (χ3n) is 11.5. The van der Waals surface area contributed by atoms with Gasteiger partial charge < -0.3 is 25.2 Å². The number of allylic oxidation sites excluding steroid dienone is 2. The van der Waals surface area contributed by atoms with E-state index < -0.39 is 81.2 Å². The maximum Gasteiger partial charge on any atom is 0.303 e. The SMILES string of the molecule is CC(=O)OC(C)(C)C=CC(=O)[C@](C)(O)C1C(O)C[C@@]2(C)C3CC=C4C(CC(O)C(=O)C4(C)C)[C@]3(CO)C(=O)C[C@]12C. The molecule has 228 valence electrons. The fourth-order valence-electron chi connectivity index (χ4n) is 9.47. The van der Waals surface area contributed by atoms with E-state index in [0.29, 0.717) is 6.42 Å². The van der Waals surface area contributed by atoms with E-state index in [1.54, 1.807) is 27.7 Å². The van der Waals surface area contributed by atoms with E-state index in [0.717, 1.165) is 11.6 Å². The van der Waals surface area contributed by atoms with Gasteiger partial charge in [-0.2, -0.15) is 0 Å². The van der Waals surface area contributed by atoms with Gasteiger partial charge in [0.15, 0.2) is 11.6 Å². The van der Waals surface area contributed by atoms with Crippen molar-refractivity contribution < 1.29 is 44.3 Å². The summed E-state index contributed by atoms with van der Waals surface area (Å²) >= 11 is 0. The second kappa shape index (κ2) is 9.66. The van der Waals surface area contributed by atoms with Crippen LogP contribution in [0.5, 0.6) is 0 Å². The number of carbonyl (C=O) groups is 4. The predicted molar refractivity (Wildman–Crippen MR) is 149 cm³/mol. The summed E-state index contributed by atoms with van der Waals surface area (Å²) in [6.45, 7) is 12.6. The van der Waals surface area contributed by atoms with E-state index in [1.165, 1.54) is 19.9 Å². The van der Waals surface area contributed by atoms with Crippen molar-refractivity contribution in [1.82, 2.24) is 0 Å². The van der Waals surface area contributed by atoms with Gasteiger partial charge >= 0.3 is 5.97 Å². The quantitative estimate of drug-likeness (QED) is 0.212. The Kier molecular flexibility index (Phi) is 7.47. The van der Waals surface area contributed by atoms with Crippen molar-refractivity contribution in [3.8, 4) is 0 Å². The summed E-state index contributed by atoms with van der Waals surface area (Å²) in [5.74, 6) is -3.76. The molecule has 0 aromatic carbocycles. The molecule has 9 atom stereocenters. The van der Waals surface area contributed by atoms with Crippen molar-refractivity contribution >= 4 is 23.3 Å². The van der Waals surface area contributed by atoms with E-state index in [9.17, 15) is 39.6 Å². The van der Waals surface area contributed by atoms with Crippen molar-refractivity contribution in [2.75, 3.05) is 6.61 Å². The Balaban J connectivity index is 1.78. The van der Waals surface area contributed by atoms with Crippen LogP contribution in [0.3, 0.4) is 0 Å². The van der Waals surface area contributed by atoms with Gasteiger partial charge in [0, 0.05) is 24.7 Å². The minimum atomic E-state index is -2.06. The summed E-state index contributed by atoms with van der Waals surface area (Å²) in [5, 5.41) is 45.0. The third kappa shape index (κ3) is 4.33. The molecule has 4 aliphatic rings. The van der Waals surface area contributed by atoms with Crippen molar-refractivity contribution in [3.05, 3.63) is 23.8 Å². The third-order valence-corrected chi connectivity index (χ3v) is 11.5. The fraction of sp³-hybridized carbons (Fsp3) is 0.750. The molecule has 0 spiro atoms. The average Bonchev–Trinajstić information content (AvgIpc) is 3.05. The molecule has 0 radical (unpaired) electrons. The van der Waals surface area contributed by atoms with Crippen LogP contribution in [0, 0.1) is 39.4 Å². The monoisotopic (exact) mass is 574 g/mol. The first-order valence-electron chi connectivity index (χ1n) is 14.5. The van der Waals surface area contributed by atoms with E-state index in [-0.39, 0.29) is 30.8 Å². The first-order valence-corrected chi connectivity index (χ1v) is 14.5. The van der Waals surface area contributed by atoms with Gasteiger partial charge in [-0.3, -0.25) is 19.2 Å². The van der Waals surface area contributed by atoms with Crippen LogP contribution < -0.4 is 0 Å². The van der Waals surface area contributed by atoms with Crippen molar-refractivity contribution in [3.63, 3.8) is 0 Å². The highest BCUT2D eigenvalue weighted by molar-refractivity contribution is 5.98. The summed E-state index contributed by atoms with van der Waals surface area (Å²) in [5.41, 5.74) is -6.45. The van der Waals surface area contributed by atoms with E-state index in [2.05, 4.69) is 0 Å². The fourth-order valence-corrected chi connectivity index (χ4v) is 9.47. The number of Topliss-reactive ketones (excluding diaryl/α,β-unsaturated/α-hetero) is 2. The smallest absolute Gasteiger partial charge is 0.303 e. The van der Waals surface area contributed by atoms with Gasteiger partial charge in [0.2, 0.25) is 0 Å². The zero-order valence-electron chi connectivity index (χ0n) is 25.5. The summed E-state index contributed by atoms with van der Waals surface area (Å²) in [7, 11) is 0. The Morgan fingerprint density at radius 1 is 1.10 bits per heavy atom. The number of esters is 1. The molecule has 4 rings (SSSR count). The zero-order chi connectivity index (χ0) is 31.1. The van der Waals surface area contributed by atoms with Crippen molar-refractivity contribution in [1.29, 1.82) is 0 Å². The number of aliphatic hydroxyl groups is 4. The standard InChI is InChI=1S/C32H46O9/c1-17(34)41-27(2,3)12-11-23(37)31(8,40)25-21(36)14-29(6)22-10-9-18-19(13-20(35)26(39)28(18,4)5)32(22,16-33)24(38)15-30(25,29)7/h9,11-12,19-22,25,33,35-36,40H,10,13-16H2,1-8H3/t19?,20?,21?,22?,25?,29-,30+,31-,32-/m0/s1. The van der Waals surface area contributed by atoms with E-state index in [4.69, 9.17) is 4.74 Å². The summed E-state index contributed by atoms with van der Waals surface area (Å²) in [6, 6.07) is 0. The number of fused-ring (bicyclic) bond motifs is 5. The highest BCUT2D eigenvalue weighted by Crippen LogP contribution is 2.74. The molecule has 5 unspecified atom stereocenters. The normalized spacial score (nSPS) is 41.7. The molecule has 0 aromatic rings. The van der Waals surface area contributed by atoms with Gasteiger partial charge in [-0.1, -0.05) is 25.5 Å². The lowest BCUT2D eigenvalue weighted by molar-refractivity contribution is -0.192. The molecule has 0 aliphatic heterocycles. The lowest BCUT2D eigenvalue weighted by Gasteiger charge is -2.64. The molecule has 9 nitrogen and oxygen atoms in total. The Morgan fingerprint density at radius 3 is 2.27 bits per heavy atom. The van der Waals surface area contributed by atoms with Crippen LogP contribution in [0.15, 0.2) is 23.8 Å². The Hall–Kier alpha value is -2.20. The van der Waals surface area contributed by atoms with Crippen molar-refractivity contribution in [2.24, 2.45) is 39.4 Å². The predicted octanol–water partition coefficient (Wildman–Crippen LogP) is 2.47. The molecular formula is C32H46O9. The molecular weight excluding hydrogens is 528 g/mol. The van der Waals surface area contributed by atoms with Crippen LogP contribution in [0.1, 0.15) is 81.1 Å². The number of hydrogen-bond donors (Lipinski definition) is 4. The summed E-state index contributed by atoms with van der Waals surface area (Å²) < 4.78 is 5.22. The summed E-state index contributed by atoms with van der Waals surface area (Å²) in [6.07, 6.45) is 2.66. The second-order valence-electron chi connectivity index (χ2n) is 14.7. The first-order chi connectivity index (χ1) is 18.6. The largest absolute Gasteiger partial charge is 0.456 e. The molecule has 0 saturated heterocycles. The van der Waals surface area contributed by atoms with Crippen LogP contribution in [-0.2, 0) is 23.9 Å². The van der Waals surface area contributed by atoms with Crippen LogP contribution in [0.25, 0.3) is 0 Å². The first kappa shape index (κ1) is 31.7. The second-order valence-corrected chi connectivity index (χ2v) is 14.7. The van der Waals surface area contributed by atoms with Crippen molar-refractivity contribution in [2.45, 2.75) is 104 Å². The molecule has 4 N–H and O–H groups in total. The summed E-state index contributed by atoms with van der Waals surface area (Å²) in [4.78, 5) is 52.2. The maximum absolute atomic E-state index is 14.4. The molecule has 0 bridgehead atoms. The van der Waals surface area contributed by atoms with Crippen LogP contribution >= 0.6 is 0 Å². The van der Waals surface area contributed by atoms with Gasteiger partial charge in [0.05, 0.1) is 18.1 Å². The Morgan fingerprint density at radius 2 is 1.71 bits per heavy atom. The molecule has 0 aromatic heterocycles. The van der Waals surface area contributed by atoms with Crippen LogP contribution in [0.4, 0.5) is 0 Å². The van der Waals surface area contributed by atoms with Gasteiger partial charge in [0.1, 0.15) is 23.1 Å². The lowest BCUT2D eigenvalue weighted by atomic mass is 9.38. The Labute approximate surface area is 242 Å². The topological polar surface area (TPSA) is 158 Å². The minimum Gasteiger partial charge on any atom is -0.456 e. The molecule has 0 amide bonds. The number of rotatable bonds is 6. The van der Waals surface area contributed by atoms with E-state index in [1.807, 2.05) is 19.9 Å². The highest BCUT2D eigenvalue weighted by Gasteiger charge is 2.75. The van der Waals surface area contributed by atoms with Gasteiger partial charge in [0.25, 0.3) is 0 Å². The lowest BCUT2D eigenvalue weighted by Crippen LogP contribution is -2.67. The van der Waals surface area contributed by atoms with Crippen LogP contribution in [0.2, 0.25) is 0 Å². The molecule has 4 aliphatic carbocycles. The maximum atomic E-state index is 14.4.